The van der Waals surface area contributed by atoms with Crippen LogP contribution < -0.4 is 5.06 Å². The average molecular weight is 401 g/mol. The molecule has 0 unspecified atom stereocenters. The van der Waals surface area contributed by atoms with E-state index in [1.54, 1.807) is 11.1 Å². The Labute approximate surface area is 165 Å². The van der Waals surface area contributed by atoms with Gasteiger partial charge in [0, 0.05) is 11.1 Å². The topological polar surface area (TPSA) is 50.9 Å². The molecule has 0 N–H and O–H groups in total. The van der Waals surface area contributed by atoms with Gasteiger partial charge < -0.3 is 4.52 Å². The van der Waals surface area contributed by atoms with Crippen LogP contribution in [0.1, 0.15) is 28.1 Å². The molecule has 0 radical (unpaired) electrons. The van der Waals surface area contributed by atoms with Gasteiger partial charge in [-0.2, -0.15) is 13.2 Å². The molecule has 1 aliphatic rings. The van der Waals surface area contributed by atoms with Crippen LogP contribution in [-0.2, 0) is 17.6 Å². The zero-order chi connectivity index (χ0) is 20.6. The maximum atomic E-state index is 13.0. The van der Waals surface area contributed by atoms with E-state index in [2.05, 4.69) is 10.1 Å². The predicted octanol–water partition coefficient (Wildman–Crippen LogP) is 5.38. The van der Waals surface area contributed by atoms with Gasteiger partial charge in [-0.05, 0) is 38.1 Å². The molecule has 0 saturated carbocycles. The van der Waals surface area contributed by atoms with Crippen LogP contribution in [0.25, 0.3) is 0 Å². The average Bonchev–Trinajstić information content (AvgIpc) is 3.01. The first-order chi connectivity index (χ1) is 13.8. The van der Waals surface area contributed by atoms with Gasteiger partial charge in [0.1, 0.15) is 12.4 Å². The molecule has 2 aromatic carbocycles. The van der Waals surface area contributed by atoms with Crippen LogP contribution in [0.3, 0.4) is 0 Å². The monoisotopic (exact) mass is 401 g/mol. The molecular formula is C21H18F3N3O2. The molecule has 0 fully saturated rings. The lowest BCUT2D eigenvalue weighted by Crippen LogP contribution is -2.33. The molecule has 0 aliphatic carbocycles. The van der Waals surface area contributed by atoms with Crippen LogP contribution in [-0.4, -0.2) is 17.5 Å². The lowest BCUT2D eigenvalue weighted by molar-refractivity contribution is -0.137. The highest BCUT2D eigenvalue weighted by Gasteiger charge is 2.30. The van der Waals surface area contributed by atoms with Gasteiger partial charge in [-0.1, -0.05) is 29.4 Å². The van der Waals surface area contributed by atoms with Crippen molar-refractivity contribution in [2.45, 2.75) is 26.6 Å². The Bertz CT molecular complexity index is 1050. The summed E-state index contributed by atoms with van der Waals surface area (Å²) in [6, 6.07) is 12.4. The summed E-state index contributed by atoms with van der Waals surface area (Å²) in [7, 11) is 0. The van der Waals surface area contributed by atoms with Crippen molar-refractivity contribution in [2.75, 3.05) is 11.7 Å². The Kier molecular flexibility index (Phi) is 4.87. The number of nitrogens with zero attached hydrogens (tertiary/aromatic N) is 3. The molecule has 1 aliphatic heterocycles. The van der Waals surface area contributed by atoms with Crippen molar-refractivity contribution in [2.24, 2.45) is 4.99 Å². The molecule has 0 amide bonds. The Morgan fingerprint density at radius 2 is 1.90 bits per heavy atom. The first kappa shape index (κ1) is 19.2. The Morgan fingerprint density at radius 1 is 1.10 bits per heavy atom. The maximum Gasteiger partial charge on any atom is 0.416 e. The van der Waals surface area contributed by atoms with E-state index < -0.39 is 11.7 Å². The Morgan fingerprint density at radius 3 is 2.62 bits per heavy atom. The summed E-state index contributed by atoms with van der Waals surface area (Å²) in [6.45, 7) is 4.28. The summed E-state index contributed by atoms with van der Waals surface area (Å²) < 4.78 is 44.2. The highest BCUT2D eigenvalue weighted by atomic mass is 19.4. The van der Waals surface area contributed by atoms with Crippen LogP contribution in [0.15, 0.2) is 58.0 Å². The fraction of sp³-hybridized carbons (Fsp3) is 0.238. The largest absolute Gasteiger partial charge is 0.416 e. The van der Waals surface area contributed by atoms with Crippen molar-refractivity contribution >= 4 is 17.1 Å². The van der Waals surface area contributed by atoms with Gasteiger partial charge in [0.05, 0.1) is 34.9 Å². The molecule has 1 aromatic heterocycles. The van der Waals surface area contributed by atoms with Gasteiger partial charge in [0.15, 0.2) is 0 Å². The number of para-hydroxylation sites is 1. The summed E-state index contributed by atoms with van der Waals surface area (Å²) >= 11 is 0. The van der Waals surface area contributed by atoms with Gasteiger partial charge in [0.2, 0.25) is 0 Å². The lowest BCUT2D eigenvalue weighted by Gasteiger charge is -2.31. The normalized spacial score (nSPS) is 15.6. The number of hydrogen-bond acceptors (Lipinski definition) is 5. The van der Waals surface area contributed by atoms with Crippen molar-refractivity contribution in [1.29, 1.82) is 0 Å². The number of hydrogen-bond donors (Lipinski definition) is 0. The van der Waals surface area contributed by atoms with Crippen molar-refractivity contribution in [3.05, 3.63) is 76.7 Å². The summed E-state index contributed by atoms with van der Waals surface area (Å²) in [5, 5.41) is 5.69. The van der Waals surface area contributed by atoms with Gasteiger partial charge in [-0.3, -0.25) is 9.83 Å². The Balaban J connectivity index is 1.68. The molecule has 2 heterocycles. The van der Waals surface area contributed by atoms with Gasteiger partial charge >= 0.3 is 6.18 Å². The van der Waals surface area contributed by atoms with Crippen molar-refractivity contribution < 1.29 is 22.5 Å². The molecule has 4 rings (SSSR count). The third-order valence-electron chi connectivity index (χ3n) is 4.76. The third kappa shape index (κ3) is 3.88. The van der Waals surface area contributed by atoms with E-state index in [0.717, 1.165) is 34.6 Å². The number of halogens is 3. The zero-order valence-corrected chi connectivity index (χ0v) is 15.8. The highest BCUT2D eigenvalue weighted by Crippen LogP contribution is 2.33. The van der Waals surface area contributed by atoms with Crippen molar-refractivity contribution in [3.8, 4) is 0 Å². The first-order valence-corrected chi connectivity index (χ1v) is 8.99. The highest BCUT2D eigenvalue weighted by molar-refractivity contribution is 6.08. The van der Waals surface area contributed by atoms with Crippen LogP contribution >= 0.6 is 0 Å². The fourth-order valence-corrected chi connectivity index (χ4v) is 3.22. The van der Waals surface area contributed by atoms with E-state index in [9.17, 15) is 13.2 Å². The SMILES string of the molecule is Cc1noc(C)c1CN1OCC(=Nc2cccc(C(F)(F)F)c2)c2ccccc21. The number of aryl methyl sites for hydroxylation is 2. The van der Waals surface area contributed by atoms with Crippen LogP contribution in [0, 0.1) is 13.8 Å². The van der Waals surface area contributed by atoms with Gasteiger partial charge in [-0.25, -0.2) is 5.06 Å². The molecule has 29 heavy (non-hydrogen) atoms. The second-order valence-electron chi connectivity index (χ2n) is 6.74. The van der Waals surface area contributed by atoms with E-state index in [-0.39, 0.29) is 12.3 Å². The fourth-order valence-electron chi connectivity index (χ4n) is 3.22. The van der Waals surface area contributed by atoms with Gasteiger partial charge in [-0.15, -0.1) is 0 Å². The number of benzene rings is 2. The van der Waals surface area contributed by atoms with E-state index in [1.807, 2.05) is 38.1 Å². The smallest absolute Gasteiger partial charge is 0.361 e. The van der Waals surface area contributed by atoms with Gasteiger partial charge in [0.25, 0.3) is 0 Å². The summed E-state index contributed by atoms with van der Waals surface area (Å²) in [5.41, 5.74) is 3.37. The minimum Gasteiger partial charge on any atom is -0.361 e. The van der Waals surface area contributed by atoms with E-state index in [4.69, 9.17) is 9.36 Å². The number of aromatic nitrogens is 1. The van der Waals surface area contributed by atoms with Crippen LogP contribution in [0.5, 0.6) is 0 Å². The second-order valence-corrected chi connectivity index (χ2v) is 6.74. The summed E-state index contributed by atoms with van der Waals surface area (Å²) in [5.74, 6) is 0.715. The van der Waals surface area contributed by atoms with Crippen molar-refractivity contribution in [3.63, 3.8) is 0 Å². The molecule has 0 saturated heterocycles. The number of aliphatic imine (C=N–C) groups is 1. The molecule has 0 bridgehead atoms. The van der Waals surface area contributed by atoms with Crippen molar-refractivity contribution in [1.82, 2.24) is 5.16 Å². The number of alkyl halides is 3. The molecule has 0 spiro atoms. The predicted molar refractivity (Wildman–Crippen MR) is 102 cm³/mol. The Hall–Kier alpha value is -3.13. The molecule has 3 aromatic rings. The van der Waals surface area contributed by atoms with Crippen LogP contribution in [0.2, 0.25) is 0 Å². The molecule has 150 valence electrons. The number of rotatable bonds is 3. The number of hydroxylamine groups is 1. The second kappa shape index (κ2) is 7.36. The van der Waals surface area contributed by atoms with Crippen LogP contribution in [0.4, 0.5) is 24.5 Å². The quantitative estimate of drug-likeness (QED) is 0.591. The number of fused-ring (bicyclic) bond motifs is 1. The zero-order valence-electron chi connectivity index (χ0n) is 15.8. The summed E-state index contributed by atoms with van der Waals surface area (Å²) in [4.78, 5) is 10.3. The summed E-state index contributed by atoms with van der Waals surface area (Å²) in [6.07, 6.45) is -4.41. The first-order valence-electron chi connectivity index (χ1n) is 8.99. The van der Waals surface area contributed by atoms with E-state index >= 15 is 0 Å². The lowest BCUT2D eigenvalue weighted by atomic mass is 10.1. The molecule has 0 atom stereocenters. The third-order valence-corrected chi connectivity index (χ3v) is 4.76. The standard InChI is InChI=1S/C21H18F3N3O2/c1-13-18(14(2)29-26-13)11-27-20-9-4-3-8-17(20)19(12-28-27)25-16-7-5-6-15(10-16)21(22,23)24/h3-10H,11-12H2,1-2H3. The van der Waals surface area contributed by atoms with E-state index in [1.165, 1.54) is 6.07 Å². The van der Waals surface area contributed by atoms with E-state index in [0.29, 0.717) is 18.0 Å². The molecule has 5 nitrogen and oxygen atoms in total. The minimum absolute atomic E-state index is 0.136. The minimum atomic E-state index is -4.41. The maximum absolute atomic E-state index is 13.0. The molecule has 8 heteroatoms. The number of anilines is 1. The molecular weight excluding hydrogens is 383 g/mol.